The minimum absolute atomic E-state index is 0.298. The first-order chi connectivity index (χ1) is 18.4. The highest BCUT2D eigenvalue weighted by atomic mass is 16.2. The molecule has 4 aliphatic heterocycles. The van der Waals surface area contributed by atoms with Crippen molar-refractivity contribution >= 4 is 35.0 Å². The van der Waals surface area contributed by atoms with Crippen molar-refractivity contribution in [1.82, 2.24) is 10.6 Å². The van der Waals surface area contributed by atoms with Gasteiger partial charge in [-0.15, -0.1) is 0 Å². The molecule has 0 radical (unpaired) electrons. The molecular weight excluding hydrogens is 480 g/mol. The van der Waals surface area contributed by atoms with E-state index < -0.39 is 0 Å². The molecule has 8 nitrogen and oxygen atoms in total. The number of carbonyl (C=O) groups excluding carboxylic acids is 4. The van der Waals surface area contributed by atoms with Crippen molar-refractivity contribution in [3.05, 3.63) is 130 Å². The average molecular weight is 505 g/mol. The van der Waals surface area contributed by atoms with Gasteiger partial charge in [-0.25, -0.2) is 0 Å². The van der Waals surface area contributed by atoms with Crippen LogP contribution >= 0.6 is 0 Å². The number of hydrogen-bond acceptors (Lipinski definition) is 4. The van der Waals surface area contributed by atoms with Crippen LogP contribution in [0, 0.1) is 0 Å². The standard InChI is InChI=1S/C30H24N4O4/c35-27-21-3-1-5-23(15-21)29(37)33-25-11-13-26(14-12-25)34-30(38)24-6-2-4-22(16-24)28(36)32-18-20-9-7-19(8-10-20)17-31-27/h1-16H,17-18H2,(H,31,35)(H,32,36)(H,33,37)(H,34,38). The van der Waals surface area contributed by atoms with Gasteiger partial charge >= 0.3 is 0 Å². The molecule has 4 aliphatic rings. The first-order valence-electron chi connectivity index (χ1n) is 12.0. The van der Waals surface area contributed by atoms with Crippen LogP contribution in [0.5, 0.6) is 0 Å². The topological polar surface area (TPSA) is 116 Å². The van der Waals surface area contributed by atoms with Crippen LogP contribution in [0.4, 0.5) is 11.4 Å². The molecule has 8 heteroatoms. The molecule has 0 unspecified atom stereocenters. The minimum atomic E-state index is -0.364. The van der Waals surface area contributed by atoms with Gasteiger partial charge in [0.15, 0.2) is 0 Å². The Bertz CT molecular complexity index is 1410. The van der Waals surface area contributed by atoms with E-state index in [2.05, 4.69) is 21.3 Å². The minimum Gasteiger partial charge on any atom is -0.348 e. The highest BCUT2D eigenvalue weighted by Gasteiger charge is 2.13. The second-order valence-corrected chi connectivity index (χ2v) is 8.83. The summed E-state index contributed by atoms with van der Waals surface area (Å²) in [5.41, 5.74) is 4.25. The van der Waals surface area contributed by atoms with Crippen molar-refractivity contribution in [2.75, 3.05) is 10.6 Å². The Hall–Kier alpha value is -5.24. The molecule has 0 aliphatic carbocycles. The highest BCUT2D eigenvalue weighted by molar-refractivity contribution is 6.07. The molecule has 0 saturated heterocycles. The van der Waals surface area contributed by atoms with Crippen molar-refractivity contribution in [3.63, 3.8) is 0 Å². The summed E-state index contributed by atoms with van der Waals surface area (Å²) in [6.45, 7) is 0.617. The third kappa shape index (κ3) is 5.76. The van der Waals surface area contributed by atoms with E-state index in [1.54, 1.807) is 60.7 Å². The molecule has 4 heterocycles. The quantitative estimate of drug-likeness (QED) is 0.285. The largest absolute Gasteiger partial charge is 0.348 e. The number of amides is 4. The van der Waals surface area contributed by atoms with E-state index in [0.717, 1.165) is 11.1 Å². The van der Waals surface area contributed by atoms with Crippen LogP contribution in [0.2, 0.25) is 0 Å². The molecule has 38 heavy (non-hydrogen) atoms. The predicted molar refractivity (Wildman–Crippen MR) is 144 cm³/mol. The Kier molecular flexibility index (Phi) is 6.95. The fraction of sp³-hybridized carbons (Fsp3) is 0.0667. The number of carbonyl (C=O) groups is 4. The zero-order valence-corrected chi connectivity index (χ0v) is 20.3. The second kappa shape index (κ2) is 10.8. The molecule has 4 aromatic rings. The van der Waals surface area contributed by atoms with E-state index in [-0.39, 0.29) is 23.6 Å². The van der Waals surface area contributed by atoms with Gasteiger partial charge in [0.25, 0.3) is 23.6 Å². The Morgan fingerprint density at radius 2 is 0.763 bits per heavy atom. The van der Waals surface area contributed by atoms with Gasteiger partial charge in [0.05, 0.1) is 0 Å². The Labute approximate surface area is 219 Å². The fourth-order valence-electron chi connectivity index (χ4n) is 3.99. The van der Waals surface area contributed by atoms with Crippen LogP contribution in [-0.2, 0) is 13.1 Å². The highest BCUT2D eigenvalue weighted by Crippen LogP contribution is 2.17. The molecule has 0 aromatic heterocycles. The number of benzene rings is 4. The maximum absolute atomic E-state index is 12.8. The lowest BCUT2D eigenvalue weighted by atomic mass is 10.1. The van der Waals surface area contributed by atoms with Crippen molar-refractivity contribution < 1.29 is 19.2 Å². The normalized spacial score (nSPS) is 14.1. The molecular formula is C30H24N4O4. The van der Waals surface area contributed by atoms with Crippen molar-refractivity contribution in [2.24, 2.45) is 0 Å². The molecule has 188 valence electrons. The molecule has 0 saturated carbocycles. The molecule has 8 bridgehead atoms. The summed E-state index contributed by atoms with van der Waals surface area (Å²) in [5.74, 6) is -1.33. The molecule has 8 rings (SSSR count). The van der Waals surface area contributed by atoms with Gasteiger partial charge in [0, 0.05) is 46.7 Å². The van der Waals surface area contributed by atoms with Gasteiger partial charge in [-0.05, 0) is 71.8 Å². The van der Waals surface area contributed by atoms with Crippen LogP contribution in [-0.4, -0.2) is 23.6 Å². The molecule has 4 aromatic carbocycles. The van der Waals surface area contributed by atoms with E-state index in [4.69, 9.17) is 0 Å². The Morgan fingerprint density at radius 1 is 0.421 bits per heavy atom. The molecule has 0 atom stereocenters. The van der Waals surface area contributed by atoms with Gasteiger partial charge in [0.2, 0.25) is 0 Å². The van der Waals surface area contributed by atoms with E-state index in [1.165, 1.54) is 12.1 Å². The van der Waals surface area contributed by atoms with Gasteiger partial charge in [-0.3, -0.25) is 19.2 Å². The van der Waals surface area contributed by atoms with Crippen LogP contribution in [0.1, 0.15) is 52.6 Å². The summed E-state index contributed by atoms with van der Waals surface area (Å²) in [5, 5.41) is 11.3. The van der Waals surface area contributed by atoms with Gasteiger partial charge < -0.3 is 21.3 Å². The maximum atomic E-state index is 12.8. The third-order valence-electron chi connectivity index (χ3n) is 6.10. The number of nitrogens with one attached hydrogen (secondary N) is 4. The third-order valence-corrected chi connectivity index (χ3v) is 6.10. The van der Waals surface area contributed by atoms with Crippen molar-refractivity contribution in [2.45, 2.75) is 13.1 Å². The van der Waals surface area contributed by atoms with Crippen LogP contribution in [0.25, 0.3) is 0 Å². The second-order valence-electron chi connectivity index (χ2n) is 8.83. The van der Waals surface area contributed by atoms with Crippen LogP contribution < -0.4 is 21.3 Å². The Morgan fingerprint density at radius 3 is 1.13 bits per heavy atom. The first kappa shape index (κ1) is 24.5. The van der Waals surface area contributed by atoms with Crippen LogP contribution in [0.3, 0.4) is 0 Å². The van der Waals surface area contributed by atoms with Gasteiger partial charge in [-0.1, -0.05) is 36.4 Å². The summed E-state index contributed by atoms with van der Waals surface area (Å²) in [6, 6.07) is 27.1. The summed E-state index contributed by atoms with van der Waals surface area (Å²) in [4.78, 5) is 51.0. The Balaban J connectivity index is 1.43. The van der Waals surface area contributed by atoms with Gasteiger partial charge in [-0.2, -0.15) is 0 Å². The lowest BCUT2D eigenvalue weighted by molar-refractivity contribution is 0.0942. The number of hydrogen-bond donors (Lipinski definition) is 4. The number of anilines is 2. The van der Waals surface area contributed by atoms with E-state index >= 15 is 0 Å². The lowest BCUT2D eigenvalue weighted by Gasteiger charge is -2.11. The fourth-order valence-corrected chi connectivity index (χ4v) is 3.99. The zero-order valence-electron chi connectivity index (χ0n) is 20.3. The molecule has 0 fully saturated rings. The molecule has 4 amide bonds. The van der Waals surface area contributed by atoms with Gasteiger partial charge in [0.1, 0.15) is 0 Å². The predicted octanol–water partition coefficient (Wildman–Crippen LogP) is 4.36. The smallest absolute Gasteiger partial charge is 0.255 e. The monoisotopic (exact) mass is 504 g/mol. The van der Waals surface area contributed by atoms with E-state index in [9.17, 15) is 19.2 Å². The van der Waals surface area contributed by atoms with Crippen molar-refractivity contribution in [3.8, 4) is 0 Å². The molecule has 4 N–H and O–H groups in total. The van der Waals surface area contributed by atoms with E-state index in [0.29, 0.717) is 46.7 Å². The SMILES string of the molecule is O=C1NCc2ccc(cc2)CNC(=O)c2cccc(c2)C(=O)Nc2ccc(cc2)NC(=O)c2cccc1c2. The summed E-state index contributed by atoms with van der Waals surface area (Å²) < 4.78 is 0. The maximum Gasteiger partial charge on any atom is 0.255 e. The van der Waals surface area contributed by atoms with E-state index in [1.807, 2.05) is 24.3 Å². The average Bonchev–Trinajstić information content (AvgIpc) is 2.96. The molecule has 0 spiro atoms. The first-order valence-corrected chi connectivity index (χ1v) is 12.0. The summed E-state index contributed by atoms with van der Waals surface area (Å²) >= 11 is 0. The zero-order chi connectivity index (χ0) is 26.5. The number of rotatable bonds is 0. The van der Waals surface area contributed by atoms with Crippen LogP contribution in [0.15, 0.2) is 97.1 Å². The summed E-state index contributed by atoms with van der Waals surface area (Å²) in [6.07, 6.45) is 0. The lowest BCUT2D eigenvalue weighted by Crippen LogP contribution is -2.24. The summed E-state index contributed by atoms with van der Waals surface area (Å²) in [7, 11) is 0. The van der Waals surface area contributed by atoms with Crippen molar-refractivity contribution in [1.29, 1.82) is 0 Å².